The second kappa shape index (κ2) is 54.1. The highest BCUT2D eigenvalue weighted by atomic mass is 16.5. The normalized spacial score (nSPS) is 11.8. The van der Waals surface area contributed by atoms with E-state index in [0.717, 1.165) is 45.1 Å². The van der Waals surface area contributed by atoms with Crippen LogP contribution in [0.1, 0.15) is 181 Å². The second-order valence-electron chi connectivity index (χ2n) is 14.3. The first-order valence-corrected chi connectivity index (χ1v) is 23.5. The quantitative estimate of drug-likeness (QED) is 0.0356. The van der Waals surface area contributed by atoms with Gasteiger partial charge in [0.1, 0.15) is 6.04 Å². The van der Waals surface area contributed by atoms with Crippen molar-refractivity contribution in [1.82, 2.24) is 37.2 Å². The number of carbonyl (C=O) groups excluding carboxylic acids is 3. The standard InChI is InChI=1S/C34H71N7O5.C2H7N.5C2H6/c1-26(2)40-28(17-10-13-21-35)30(42)38-23-15-12-18-29(41-32(44)27(37-8)16-11-14-22-36-7)31(43)39-24-19-34(5,6)46-25-20-33(3,4)45-9;1-3-2;5*1-2/h26-29,36-37,40H,10-25,35H2,1-9H3,(H,38,42)(H,39,43)(H,41,44);3H,1-2H3;5*1-2H3. The van der Waals surface area contributed by atoms with Crippen molar-refractivity contribution < 1.29 is 23.9 Å². The number of amides is 3. The van der Waals surface area contributed by atoms with E-state index in [9.17, 15) is 14.4 Å². The lowest BCUT2D eigenvalue weighted by Gasteiger charge is -2.29. The molecule has 3 unspecified atom stereocenters. The molecule has 0 aliphatic heterocycles. The third kappa shape index (κ3) is 50.4. The maximum Gasteiger partial charge on any atom is 0.242 e. The third-order valence-electron chi connectivity index (χ3n) is 8.26. The fourth-order valence-corrected chi connectivity index (χ4v) is 4.95. The monoisotopic (exact) mass is 853 g/mol. The van der Waals surface area contributed by atoms with Crippen LogP contribution in [-0.4, -0.2) is 121 Å². The number of ether oxygens (including phenoxy) is 2. The molecule has 0 fully saturated rings. The minimum absolute atomic E-state index is 0.0148. The molecule has 13 heteroatoms. The van der Waals surface area contributed by atoms with E-state index in [1.54, 1.807) is 14.2 Å². The zero-order valence-electron chi connectivity index (χ0n) is 43.2. The molecule has 0 aromatic carbocycles. The van der Waals surface area contributed by atoms with Gasteiger partial charge in [-0.3, -0.25) is 14.4 Å². The molecule has 0 saturated carbocycles. The second-order valence-corrected chi connectivity index (χ2v) is 14.3. The van der Waals surface area contributed by atoms with Crippen molar-refractivity contribution in [2.75, 3.05) is 68.1 Å². The minimum atomic E-state index is -0.672. The molecular formula is C46H108N8O5. The molecule has 0 bridgehead atoms. The number of nitrogens with two attached hydrogens (primary N) is 1. The van der Waals surface area contributed by atoms with Gasteiger partial charge in [0.2, 0.25) is 17.7 Å². The van der Waals surface area contributed by atoms with Gasteiger partial charge in [0.25, 0.3) is 0 Å². The zero-order chi connectivity index (χ0) is 47.7. The fourth-order valence-electron chi connectivity index (χ4n) is 4.95. The molecule has 0 spiro atoms. The summed E-state index contributed by atoms with van der Waals surface area (Å²) in [6.07, 6.45) is 8.30. The van der Waals surface area contributed by atoms with E-state index in [1.807, 2.05) is 132 Å². The Kier molecular flexibility index (Phi) is 65.7. The molecule has 9 N–H and O–H groups in total. The van der Waals surface area contributed by atoms with E-state index in [2.05, 4.69) is 37.2 Å². The van der Waals surface area contributed by atoms with Crippen molar-refractivity contribution in [3.8, 4) is 0 Å². The van der Waals surface area contributed by atoms with Gasteiger partial charge in [-0.1, -0.05) is 95.9 Å². The van der Waals surface area contributed by atoms with Gasteiger partial charge in [-0.25, -0.2) is 0 Å². The van der Waals surface area contributed by atoms with Crippen LogP contribution in [0.15, 0.2) is 0 Å². The predicted molar refractivity (Wildman–Crippen MR) is 259 cm³/mol. The van der Waals surface area contributed by atoms with Crippen LogP contribution in [0.2, 0.25) is 0 Å². The van der Waals surface area contributed by atoms with Crippen molar-refractivity contribution in [3.63, 3.8) is 0 Å². The lowest BCUT2D eigenvalue weighted by atomic mass is 10.0. The molecule has 0 saturated heterocycles. The SMILES string of the molecule is CC.CC.CC.CC.CC.CNC.CNCCCCC(NC)C(=O)NC(CCCCNC(=O)C(CCCCN)NC(C)C)C(=O)NCCC(C)(C)OCCC(C)(C)OC. The molecule has 0 aliphatic carbocycles. The molecule has 59 heavy (non-hydrogen) atoms. The molecule has 13 nitrogen and oxygen atoms in total. The first-order valence-electron chi connectivity index (χ1n) is 23.5. The molecule has 0 aliphatic rings. The van der Waals surface area contributed by atoms with E-state index in [0.29, 0.717) is 58.3 Å². The van der Waals surface area contributed by atoms with Crippen molar-refractivity contribution in [2.24, 2.45) is 5.73 Å². The van der Waals surface area contributed by atoms with Gasteiger partial charge in [-0.15, -0.1) is 0 Å². The number of hydrogen-bond donors (Lipinski definition) is 8. The molecule has 0 aromatic heterocycles. The van der Waals surface area contributed by atoms with Crippen LogP contribution >= 0.6 is 0 Å². The van der Waals surface area contributed by atoms with Crippen LogP contribution in [0.25, 0.3) is 0 Å². The lowest BCUT2D eigenvalue weighted by Crippen LogP contribution is -2.52. The molecule has 0 radical (unpaired) electrons. The number of likely N-dealkylation sites (N-methyl/N-ethyl adjacent to an activating group) is 1. The smallest absolute Gasteiger partial charge is 0.242 e. The lowest BCUT2D eigenvalue weighted by molar-refractivity contribution is -0.130. The summed E-state index contributed by atoms with van der Waals surface area (Å²) in [5, 5.41) is 21.4. The van der Waals surface area contributed by atoms with E-state index >= 15 is 0 Å². The number of rotatable bonds is 29. The molecular weight excluding hydrogens is 745 g/mol. The summed E-state index contributed by atoms with van der Waals surface area (Å²) in [5.41, 5.74) is 4.95. The third-order valence-corrected chi connectivity index (χ3v) is 8.26. The summed E-state index contributed by atoms with van der Waals surface area (Å²) < 4.78 is 11.6. The Labute approximate surface area is 368 Å². The highest BCUT2D eigenvalue weighted by Crippen LogP contribution is 2.18. The van der Waals surface area contributed by atoms with Crippen molar-refractivity contribution in [1.29, 1.82) is 0 Å². The van der Waals surface area contributed by atoms with Crippen molar-refractivity contribution >= 4 is 17.7 Å². The number of methoxy groups -OCH3 is 1. The predicted octanol–water partition coefficient (Wildman–Crippen LogP) is 7.31. The summed E-state index contributed by atoms with van der Waals surface area (Å²) in [6.45, 7) is 35.1. The van der Waals surface area contributed by atoms with E-state index in [1.165, 1.54) is 0 Å². The van der Waals surface area contributed by atoms with Gasteiger partial charge in [-0.2, -0.15) is 0 Å². The molecule has 3 atom stereocenters. The number of nitrogens with one attached hydrogen (secondary N) is 7. The Morgan fingerprint density at radius 1 is 0.576 bits per heavy atom. The number of unbranched alkanes of at least 4 members (excludes halogenated alkanes) is 3. The fraction of sp³-hybridized carbons (Fsp3) is 0.935. The Hall–Kier alpha value is -1.87. The molecule has 0 aromatic rings. The summed E-state index contributed by atoms with van der Waals surface area (Å²) in [4.78, 5) is 39.4. The molecule has 0 rings (SSSR count). The van der Waals surface area contributed by atoms with Crippen LogP contribution in [0.4, 0.5) is 0 Å². The van der Waals surface area contributed by atoms with Crippen LogP contribution in [-0.2, 0) is 23.9 Å². The van der Waals surface area contributed by atoms with E-state index < -0.39 is 11.6 Å². The Morgan fingerprint density at radius 3 is 1.47 bits per heavy atom. The number of hydrogen-bond acceptors (Lipinski definition) is 10. The minimum Gasteiger partial charge on any atom is -0.379 e. The summed E-state index contributed by atoms with van der Waals surface area (Å²) in [5.74, 6) is -0.399. The Bertz CT molecular complexity index is 848. The Morgan fingerprint density at radius 2 is 1.02 bits per heavy atom. The summed E-state index contributed by atoms with van der Waals surface area (Å²) >= 11 is 0. The van der Waals surface area contributed by atoms with Crippen molar-refractivity contribution in [2.45, 2.75) is 217 Å². The van der Waals surface area contributed by atoms with Gasteiger partial charge in [0, 0.05) is 26.2 Å². The molecule has 362 valence electrons. The van der Waals surface area contributed by atoms with E-state index in [4.69, 9.17) is 15.2 Å². The zero-order valence-corrected chi connectivity index (χ0v) is 43.2. The van der Waals surface area contributed by atoms with Crippen molar-refractivity contribution in [3.05, 3.63) is 0 Å². The van der Waals surface area contributed by atoms with Gasteiger partial charge < -0.3 is 52.4 Å². The molecule has 0 heterocycles. The van der Waals surface area contributed by atoms with Gasteiger partial charge in [0.15, 0.2) is 0 Å². The average Bonchev–Trinajstić information content (AvgIpc) is 3.23. The maximum atomic E-state index is 13.3. The van der Waals surface area contributed by atoms with E-state index in [-0.39, 0.29) is 41.4 Å². The van der Waals surface area contributed by atoms with Gasteiger partial charge in [-0.05, 0) is 127 Å². The highest BCUT2D eigenvalue weighted by Gasteiger charge is 2.26. The summed E-state index contributed by atoms with van der Waals surface area (Å²) in [7, 11) is 9.13. The summed E-state index contributed by atoms with van der Waals surface area (Å²) in [6, 6.07) is -1.11. The first-order chi connectivity index (χ1) is 28.1. The van der Waals surface area contributed by atoms with Crippen LogP contribution in [0, 0.1) is 0 Å². The van der Waals surface area contributed by atoms with Gasteiger partial charge >= 0.3 is 0 Å². The van der Waals surface area contributed by atoms with Crippen LogP contribution in [0.3, 0.4) is 0 Å². The van der Waals surface area contributed by atoms with Crippen LogP contribution < -0.4 is 43.0 Å². The van der Waals surface area contributed by atoms with Gasteiger partial charge in [0.05, 0.1) is 29.9 Å². The highest BCUT2D eigenvalue weighted by molar-refractivity contribution is 5.89. The topological polar surface area (TPSA) is 180 Å². The largest absolute Gasteiger partial charge is 0.379 e. The first kappa shape index (κ1) is 71.6. The van der Waals surface area contributed by atoms with Crippen LogP contribution in [0.5, 0.6) is 0 Å². The Balaban J connectivity index is -0.000000373. The number of carbonyl (C=O) groups is 3. The average molecular weight is 853 g/mol. The maximum absolute atomic E-state index is 13.3. The molecule has 3 amide bonds.